The zero-order valence-electron chi connectivity index (χ0n) is 52.8. The van der Waals surface area contributed by atoms with E-state index in [-0.39, 0.29) is 47.3 Å². The van der Waals surface area contributed by atoms with Crippen LogP contribution >= 0.6 is 0 Å². The van der Waals surface area contributed by atoms with Crippen LogP contribution in [0.25, 0.3) is 6.08 Å². The van der Waals surface area contributed by atoms with Crippen molar-refractivity contribution in [2.75, 3.05) is 0 Å². The zero-order valence-corrected chi connectivity index (χ0v) is 54.9. The van der Waals surface area contributed by atoms with Gasteiger partial charge in [0.15, 0.2) is 5.78 Å². The predicted octanol–water partition coefficient (Wildman–Crippen LogP) is 20.2. The summed E-state index contributed by atoms with van der Waals surface area (Å²) in [4.78, 5) is 13.2. The second kappa shape index (κ2) is 31.1. The normalized spacial score (nSPS) is 18.7. The fraction of sp³-hybridized carbons (Fsp3) is 0.750. The molecule has 0 amide bonds. The number of hydroxylamine groups is 2. The number of hydrogen-bond acceptors (Lipinski definition) is 4. The molecule has 1 aromatic rings. The number of carbonyl (C=O) groups is 1. The van der Waals surface area contributed by atoms with Gasteiger partial charge in [-0.15, -0.1) is 23.8 Å². The van der Waals surface area contributed by atoms with Gasteiger partial charge < -0.3 is 10.3 Å². The van der Waals surface area contributed by atoms with Crippen LogP contribution in [0.15, 0.2) is 41.0 Å². The first-order valence-electron chi connectivity index (χ1n) is 30.1. The molecule has 74 heavy (non-hydrogen) atoms. The van der Waals surface area contributed by atoms with E-state index in [9.17, 15) is 15.1 Å². The Bertz CT molecular complexity index is 1930. The van der Waals surface area contributed by atoms with Crippen LogP contribution in [0, 0.1) is 46.5 Å². The molecule has 3 fully saturated rings. The number of piperidine rings is 1. The number of phenolic OH excluding ortho intramolecular Hbond substituents is 1. The fourth-order valence-electron chi connectivity index (χ4n) is 11.1. The highest BCUT2D eigenvalue weighted by molar-refractivity contribution is 6.87. The Labute approximate surface area is 463 Å². The number of benzene rings is 1. The van der Waals surface area contributed by atoms with Gasteiger partial charge in [0, 0.05) is 55.0 Å². The minimum Gasteiger partial charge on any atom is -0.507 e. The van der Waals surface area contributed by atoms with E-state index in [0.29, 0.717) is 5.75 Å². The molecule has 0 radical (unpaired) electrons. The monoisotopic (exact) mass is 1050 g/mol. The Morgan fingerprint density at radius 2 is 1.01 bits per heavy atom. The van der Waals surface area contributed by atoms with Crippen molar-refractivity contribution < 1.29 is 15.1 Å². The molecule has 1 aromatic carbocycles. The van der Waals surface area contributed by atoms with Crippen molar-refractivity contribution >= 4 is 28.7 Å². The lowest BCUT2D eigenvalue weighted by atomic mass is 9.71. The second-order valence-electron chi connectivity index (χ2n) is 28.2. The Morgan fingerprint density at radius 3 is 1.31 bits per heavy atom. The number of hydrogen-bond donors (Lipinski definition) is 2. The number of aromatic hydroxyl groups is 1. The minimum atomic E-state index is -1.16. The largest absolute Gasteiger partial charge is 0.507 e. The van der Waals surface area contributed by atoms with Gasteiger partial charge in [0.1, 0.15) is 13.8 Å². The van der Waals surface area contributed by atoms with Gasteiger partial charge in [-0.1, -0.05) is 181 Å². The molecule has 1 saturated heterocycles. The maximum atomic E-state index is 13.2. The maximum Gasteiger partial charge on any atom is 0.186 e. The summed E-state index contributed by atoms with van der Waals surface area (Å²) < 4.78 is 0. The fourth-order valence-corrected chi connectivity index (χ4v) is 15.4. The van der Waals surface area contributed by atoms with E-state index >= 15 is 0 Å². The zero-order chi connectivity index (χ0) is 56.9. The number of phenols is 1. The van der Waals surface area contributed by atoms with Crippen molar-refractivity contribution in [3.63, 3.8) is 0 Å². The standard InChI is InChI=1S/C29H42O2.C15H28Si.C9H19NO.C9H14.C6H16Si/c1-26(2,3)20-14-18(15-21(24(20)30)27(4,5)6)13-19-16-22(28(7,8)9)25(31)23(17-19)29(10,11)12;1-4-16(5-2,6-3)14-10-13-15-11-8-7-9-12-15;1-8(2)6-5-7-9(3,4)10(8)11;1-2-6-9-7-4-3-5-8-9;1-4-7(5-2)6-3/h13-17,30H,1-12H3;15H,4-9,11-13H2,1-3H3;11H,5-7H2,1-4H3;1,9H,3-8H2;7H,4-6H2,1-3H3. The highest BCUT2D eigenvalue weighted by atomic mass is 28.3. The average molecular weight is 1050 g/mol. The lowest BCUT2D eigenvalue weighted by molar-refractivity contribution is -0.241. The molecule has 6 heteroatoms. The number of Topliss-reactive ketones (excluding diaryl/α,β-unsaturated/α-hetero) is 1. The van der Waals surface area contributed by atoms with Crippen molar-refractivity contribution in [3.05, 3.63) is 57.7 Å². The number of rotatable bonds is 9. The molecular formula is C68H119NO3Si2. The Morgan fingerprint density at radius 1 is 0.635 bits per heavy atom. The van der Waals surface area contributed by atoms with Crippen LogP contribution in [0.1, 0.15) is 265 Å². The summed E-state index contributed by atoms with van der Waals surface area (Å²) in [5.74, 6) is 8.63. The van der Waals surface area contributed by atoms with Crippen molar-refractivity contribution in [1.29, 1.82) is 0 Å². The first kappa shape index (κ1) is 69.4. The van der Waals surface area contributed by atoms with Crippen LogP contribution in [0.4, 0.5) is 0 Å². The van der Waals surface area contributed by atoms with Gasteiger partial charge in [-0.25, -0.2) is 0 Å². The molecule has 2 N–H and O–H groups in total. The van der Waals surface area contributed by atoms with Crippen LogP contribution in [-0.2, 0) is 15.6 Å². The topological polar surface area (TPSA) is 60.8 Å². The molecule has 0 spiro atoms. The Hall–Kier alpha value is -2.62. The van der Waals surface area contributed by atoms with E-state index < -0.39 is 8.07 Å². The molecule has 422 valence electrons. The second-order valence-corrected chi connectivity index (χ2v) is 37.3. The third kappa shape index (κ3) is 23.2. The highest BCUT2D eigenvalue weighted by Crippen LogP contribution is 2.43. The molecule has 0 aromatic heterocycles. The average Bonchev–Trinajstić information content (AvgIpc) is 3.31. The van der Waals surface area contributed by atoms with Crippen molar-refractivity contribution in [2.24, 2.45) is 22.7 Å². The molecule has 1 aliphatic heterocycles. The lowest BCUT2D eigenvalue weighted by Gasteiger charge is -2.48. The quantitative estimate of drug-likeness (QED) is 0.191. The summed E-state index contributed by atoms with van der Waals surface area (Å²) in [6.45, 7) is 47.7. The number of allylic oxidation sites excluding steroid dienone is 5. The van der Waals surface area contributed by atoms with E-state index in [1.165, 1.54) is 118 Å². The van der Waals surface area contributed by atoms with E-state index in [4.69, 9.17) is 6.42 Å². The molecule has 0 unspecified atom stereocenters. The SMILES string of the molecule is C#CCC1CCCCC1.CC(C)(C)C1=CC(=Cc2cc(C(C)(C)C)c(O)c(C(C)(C)C)c2)C=C(C(C)(C)C)C1=O.CC1(C)CCCC(C)(C)N1O.CC[SiH](CC)CC.CC[Si](C#CCC1CCCCC1)(CC)CC. The smallest absolute Gasteiger partial charge is 0.186 e. The van der Waals surface area contributed by atoms with Gasteiger partial charge in [0.2, 0.25) is 0 Å². The van der Waals surface area contributed by atoms with Gasteiger partial charge in [-0.3, -0.25) is 4.79 Å². The van der Waals surface area contributed by atoms with Crippen molar-refractivity contribution in [1.82, 2.24) is 5.06 Å². The van der Waals surface area contributed by atoms with Crippen LogP contribution in [-0.4, -0.2) is 49.1 Å². The van der Waals surface area contributed by atoms with Crippen LogP contribution in [0.3, 0.4) is 0 Å². The number of terminal acetylenes is 1. The van der Waals surface area contributed by atoms with E-state index in [1.54, 1.807) is 0 Å². The van der Waals surface area contributed by atoms with Gasteiger partial charge in [-0.05, 0) is 166 Å². The molecule has 1 heterocycles. The van der Waals surface area contributed by atoms with E-state index in [1.807, 2.05) is 12.2 Å². The van der Waals surface area contributed by atoms with Crippen molar-refractivity contribution in [2.45, 2.75) is 307 Å². The molecular weight excluding hydrogens is 935 g/mol. The summed E-state index contributed by atoms with van der Waals surface area (Å²) in [5.41, 5.74) is 8.46. The number of carbonyl (C=O) groups excluding carboxylic acids is 1. The first-order chi connectivity index (χ1) is 34.1. The van der Waals surface area contributed by atoms with Crippen LogP contribution < -0.4 is 0 Å². The molecule has 0 bridgehead atoms. The van der Waals surface area contributed by atoms with Crippen molar-refractivity contribution in [3.8, 4) is 29.6 Å². The minimum absolute atomic E-state index is 0.0399. The molecule has 3 aliphatic carbocycles. The van der Waals surface area contributed by atoms with Gasteiger partial charge in [0.05, 0.1) is 0 Å². The lowest BCUT2D eigenvalue weighted by Crippen LogP contribution is -2.56. The van der Waals surface area contributed by atoms with E-state index in [2.05, 4.69) is 188 Å². The maximum absolute atomic E-state index is 13.2. The predicted molar refractivity (Wildman–Crippen MR) is 334 cm³/mol. The summed E-state index contributed by atoms with van der Waals surface area (Å²) in [5, 5.41) is 22.3. The van der Waals surface area contributed by atoms with Gasteiger partial charge in [0.25, 0.3) is 0 Å². The Balaban J connectivity index is 0.000000526. The Kier molecular flexibility index (Phi) is 29.2. The molecule has 0 atom stereocenters. The van der Waals surface area contributed by atoms with Gasteiger partial charge in [-0.2, -0.15) is 5.06 Å². The first-order valence-corrected chi connectivity index (χ1v) is 35.2. The van der Waals surface area contributed by atoms with E-state index in [0.717, 1.165) is 64.5 Å². The number of ketones is 1. The molecule has 5 rings (SSSR count). The number of nitrogens with zero attached hydrogens (tertiary/aromatic N) is 1. The summed E-state index contributed by atoms with van der Waals surface area (Å²) in [6, 6.07) is 12.7. The summed E-state index contributed by atoms with van der Waals surface area (Å²) in [6.07, 6.45) is 31.3. The molecule has 4 aliphatic rings. The highest BCUT2D eigenvalue weighted by Gasteiger charge is 2.40. The summed E-state index contributed by atoms with van der Waals surface area (Å²) in [7, 11) is -1.33. The van der Waals surface area contributed by atoms with Crippen LogP contribution in [0.5, 0.6) is 5.75 Å². The summed E-state index contributed by atoms with van der Waals surface area (Å²) >= 11 is 0. The molecule has 4 nitrogen and oxygen atoms in total. The molecule has 2 saturated carbocycles. The van der Waals surface area contributed by atoms with Crippen LogP contribution in [0.2, 0.25) is 36.3 Å². The van der Waals surface area contributed by atoms with Gasteiger partial charge >= 0.3 is 0 Å². The third-order valence-electron chi connectivity index (χ3n) is 16.9. The third-order valence-corrected chi connectivity index (χ3v) is 25.1.